The minimum atomic E-state index is 0.434. The lowest BCUT2D eigenvalue weighted by Crippen LogP contribution is -1.90. The van der Waals surface area contributed by atoms with Gasteiger partial charge in [-0.1, -0.05) is 6.92 Å². The van der Waals surface area contributed by atoms with Crippen LogP contribution in [-0.4, -0.2) is 10.4 Å². The minimum absolute atomic E-state index is 0.434. The fraction of sp³-hybridized carbons (Fsp3) is 0.400. The maximum absolute atomic E-state index is 9.46. The first kappa shape index (κ1) is 7.99. The smallest absolute Gasteiger partial charge is 0.118 e. The van der Waals surface area contributed by atoms with Crippen molar-refractivity contribution in [3.05, 3.63) is 23.3 Å². The van der Waals surface area contributed by atoms with Crippen LogP contribution in [-0.2, 0) is 6.42 Å². The molecule has 1 atom stereocenters. The third-order valence-electron chi connectivity index (χ3n) is 2.21. The van der Waals surface area contributed by atoms with Crippen LogP contribution in [0.15, 0.2) is 17.0 Å². The van der Waals surface area contributed by atoms with E-state index in [0.29, 0.717) is 11.0 Å². The molecule has 0 saturated heterocycles. The van der Waals surface area contributed by atoms with E-state index in [0.717, 1.165) is 12.0 Å². The molecule has 1 heterocycles. The number of aromatic hydroxyl groups is 1. The van der Waals surface area contributed by atoms with Crippen LogP contribution < -0.4 is 0 Å². The number of benzene rings is 1. The zero-order valence-corrected chi connectivity index (χ0v) is 8.11. The van der Waals surface area contributed by atoms with Crippen molar-refractivity contribution in [2.24, 2.45) is 0 Å². The molecule has 1 N–H and O–H groups in total. The highest BCUT2D eigenvalue weighted by Gasteiger charge is 2.19. The molecule has 0 saturated carbocycles. The monoisotopic (exact) mass is 180 g/mol. The van der Waals surface area contributed by atoms with Gasteiger partial charge in [0.2, 0.25) is 0 Å². The summed E-state index contributed by atoms with van der Waals surface area (Å²) in [4.78, 5) is 1.35. The van der Waals surface area contributed by atoms with Crippen molar-refractivity contribution in [2.75, 3.05) is 0 Å². The van der Waals surface area contributed by atoms with E-state index in [2.05, 4.69) is 13.0 Å². The Balaban J connectivity index is 2.48. The Hall–Kier alpha value is -0.630. The summed E-state index contributed by atoms with van der Waals surface area (Å²) in [6.07, 6.45) is 1.09. The normalized spacial score (nSPS) is 21.0. The van der Waals surface area contributed by atoms with E-state index in [9.17, 15) is 5.11 Å². The second-order valence-corrected chi connectivity index (χ2v) is 4.86. The lowest BCUT2D eigenvalue weighted by atomic mass is 10.1. The van der Waals surface area contributed by atoms with Gasteiger partial charge < -0.3 is 5.11 Å². The number of fused-ring (bicyclic) bond motifs is 1. The summed E-state index contributed by atoms with van der Waals surface area (Å²) in [5, 5.41) is 10.1. The van der Waals surface area contributed by atoms with Gasteiger partial charge in [0.15, 0.2) is 0 Å². The SMILES string of the molecule is Cc1cc2c(cc1O)CC(C)S2. The molecule has 2 heteroatoms. The summed E-state index contributed by atoms with van der Waals surface area (Å²) in [6.45, 7) is 4.16. The van der Waals surface area contributed by atoms with Gasteiger partial charge in [-0.3, -0.25) is 0 Å². The molecule has 0 aliphatic carbocycles. The van der Waals surface area contributed by atoms with E-state index in [4.69, 9.17) is 0 Å². The molecule has 64 valence electrons. The fourth-order valence-corrected chi connectivity index (χ4v) is 2.79. The molecule has 12 heavy (non-hydrogen) atoms. The summed E-state index contributed by atoms with van der Waals surface area (Å²) in [7, 11) is 0. The molecule has 0 amide bonds. The molecule has 0 bridgehead atoms. The van der Waals surface area contributed by atoms with Gasteiger partial charge in [-0.05, 0) is 36.6 Å². The van der Waals surface area contributed by atoms with Gasteiger partial charge in [-0.15, -0.1) is 11.8 Å². The Labute approximate surface area is 76.8 Å². The summed E-state index contributed by atoms with van der Waals surface area (Å²) in [5.74, 6) is 0.434. The van der Waals surface area contributed by atoms with Crippen LogP contribution in [0.3, 0.4) is 0 Å². The Morgan fingerprint density at radius 2 is 2.25 bits per heavy atom. The van der Waals surface area contributed by atoms with Crippen LogP contribution >= 0.6 is 11.8 Å². The molecular weight excluding hydrogens is 168 g/mol. The summed E-state index contributed by atoms with van der Waals surface area (Å²) in [5.41, 5.74) is 2.28. The van der Waals surface area contributed by atoms with Gasteiger partial charge in [0.05, 0.1) is 0 Å². The standard InChI is InChI=1S/C10H12OS/c1-6-3-10-8(5-9(6)11)4-7(2)12-10/h3,5,7,11H,4H2,1-2H3. The van der Waals surface area contributed by atoms with E-state index in [-0.39, 0.29) is 0 Å². The quantitative estimate of drug-likeness (QED) is 0.662. The second kappa shape index (κ2) is 2.70. The van der Waals surface area contributed by atoms with Crippen molar-refractivity contribution in [1.82, 2.24) is 0 Å². The zero-order chi connectivity index (χ0) is 8.72. The van der Waals surface area contributed by atoms with E-state index in [1.54, 1.807) is 0 Å². The molecule has 0 radical (unpaired) electrons. The molecular formula is C10H12OS. The van der Waals surface area contributed by atoms with E-state index >= 15 is 0 Å². The van der Waals surface area contributed by atoms with Crippen LogP contribution in [0.4, 0.5) is 0 Å². The van der Waals surface area contributed by atoms with E-state index < -0.39 is 0 Å². The van der Waals surface area contributed by atoms with Crippen LogP contribution in [0.5, 0.6) is 5.75 Å². The predicted molar refractivity (Wildman–Crippen MR) is 51.9 cm³/mol. The number of hydrogen-bond donors (Lipinski definition) is 1. The molecule has 0 fully saturated rings. The van der Waals surface area contributed by atoms with E-state index in [1.165, 1.54) is 10.5 Å². The fourth-order valence-electron chi connectivity index (χ4n) is 1.55. The Morgan fingerprint density at radius 1 is 1.50 bits per heavy atom. The van der Waals surface area contributed by atoms with Crippen molar-refractivity contribution in [3.8, 4) is 5.75 Å². The van der Waals surface area contributed by atoms with Crippen molar-refractivity contribution < 1.29 is 5.11 Å². The van der Waals surface area contributed by atoms with Crippen LogP contribution in [0.1, 0.15) is 18.1 Å². The minimum Gasteiger partial charge on any atom is -0.508 e. The first-order chi connectivity index (χ1) is 5.66. The van der Waals surface area contributed by atoms with Gasteiger partial charge in [-0.25, -0.2) is 0 Å². The number of hydrogen-bond acceptors (Lipinski definition) is 2. The van der Waals surface area contributed by atoms with Gasteiger partial charge in [-0.2, -0.15) is 0 Å². The van der Waals surface area contributed by atoms with Crippen molar-refractivity contribution in [1.29, 1.82) is 0 Å². The Kier molecular flexibility index (Phi) is 1.80. The topological polar surface area (TPSA) is 20.2 Å². The lowest BCUT2D eigenvalue weighted by Gasteiger charge is -2.01. The summed E-state index contributed by atoms with van der Waals surface area (Å²) in [6, 6.07) is 3.99. The number of thioether (sulfide) groups is 1. The highest BCUT2D eigenvalue weighted by Crippen LogP contribution is 2.39. The summed E-state index contributed by atoms with van der Waals surface area (Å²) < 4.78 is 0. The van der Waals surface area contributed by atoms with Gasteiger partial charge in [0.1, 0.15) is 5.75 Å². The maximum Gasteiger partial charge on any atom is 0.118 e. The third-order valence-corrected chi connectivity index (χ3v) is 3.42. The lowest BCUT2D eigenvalue weighted by molar-refractivity contribution is 0.470. The highest BCUT2D eigenvalue weighted by molar-refractivity contribution is 8.00. The Morgan fingerprint density at radius 3 is 3.00 bits per heavy atom. The number of phenols is 1. The molecule has 0 spiro atoms. The van der Waals surface area contributed by atoms with Crippen molar-refractivity contribution in [2.45, 2.75) is 30.4 Å². The molecule has 1 nitrogen and oxygen atoms in total. The third kappa shape index (κ3) is 1.20. The van der Waals surface area contributed by atoms with Gasteiger partial charge in [0, 0.05) is 10.1 Å². The molecule has 0 aromatic heterocycles. The Bertz CT molecular complexity index is 289. The largest absolute Gasteiger partial charge is 0.508 e. The van der Waals surface area contributed by atoms with Gasteiger partial charge in [0.25, 0.3) is 0 Å². The number of aryl methyl sites for hydroxylation is 1. The molecule has 1 aromatic carbocycles. The number of phenolic OH excluding ortho intramolecular Hbond substituents is 1. The highest BCUT2D eigenvalue weighted by atomic mass is 32.2. The number of rotatable bonds is 0. The first-order valence-corrected chi connectivity index (χ1v) is 5.04. The predicted octanol–water partition coefficient (Wildman–Crippen LogP) is 2.74. The van der Waals surface area contributed by atoms with Crippen LogP contribution in [0.2, 0.25) is 0 Å². The van der Waals surface area contributed by atoms with Gasteiger partial charge >= 0.3 is 0 Å². The van der Waals surface area contributed by atoms with E-state index in [1.807, 2.05) is 24.8 Å². The first-order valence-electron chi connectivity index (χ1n) is 4.16. The average Bonchev–Trinajstić information content (AvgIpc) is 2.30. The van der Waals surface area contributed by atoms with Crippen molar-refractivity contribution in [3.63, 3.8) is 0 Å². The molecule has 1 aromatic rings. The molecule has 1 unspecified atom stereocenters. The molecule has 1 aliphatic rings. The van der Waals surface area contributed by atoms with Crippen molar-refractivity contribution >= 4 is 11.8 Å². The van der Waals surface area contributed by atoms with Crippen LogP contribution in [0, 0.1) is 6.92 Å². The second-order valence-electron chi connectivity index (χ2n) is 3.38. The van der Waals surface area contributed by atoms with Crippen LogP contribution in [0.25, 0.3) is 0 Å². The summed E-state index contributed by atoms with van der Waals surface area (Å²) >= 11 is 1.90. The molecule has 1 aliphatic heterocycles. The maximum atomic E-state index is 9.46. The molecule has 2 rings (SSSR count). The zero-order valence-electron chi connectivity index (χ0n) is 7.29. The average molecular weight is 180 g/mol.